The van der Waals surface area contributed by atoms with Gasteiger partial charge in [0.2, 0.25) is 0 Å². The summed E-state index contributed by atoms with van der Waals surface area (Å²) in [6.45, 7) is 2.24. The molecule has 3 heterocycles. The number of nitrogens with zero attached hydrogens (tertiary/aromatic N) is 4. The molecule has 0 unspecified atom stereocenters. The van der Waals surface area contributed by atoms with Crippen LogP contribution in [0.25, 0.3) is 5.69 Å². The summed E-state index contributed by atoms with van der Waals surface area (Å²) >= 11 is 0. The van der Waals surface area contributed by atoms with Gasteiger partial charge in [-0.2, -0.15) is 5.10 Å². The van der Waals surface area contributed by atoms with Crippen molar-refractivity contribution >= 4 is 17.4 Å². The highest BCUT2D eigenvalue weighted by Crippen LogP contribution is 2.23. The van der Waals surface area contributed by atoms with Crippen LogP contribution in [-0.2, 0) is 13.1 Å². The molecule has 0 radical (unpaired) electrons. The first-order valence-corrected chi connectivity index (χ1v) is 10.6. The van der Waals surface area contributed by atoms with Gasteiger partial charge in [0.05, 0.1) is 30.3 Å². The van der Waals surface area contributed by atoms with Gasteiger partial charge in [-0.25, -0.2) is 9.48 Å². The van der Waals surface area contributed by atoms with Crippen LogP contribution in [0.4, 0.5) is 11.5 Å². The molecule has 0 bridgehead atoms. The molecule has 0 saturated heterocycles. The summed E-state index contributed by atoms with van der Waals surface area (Å²) in [7, 11) is 0. The number of aromatic nitrogens is 4. The first-order valence-electron chi connectivity index (χ1n) is 10.6. The second-order valence-electron chi connectivity index (χ2n) is 7.48. The molecule has 10 heteroatoms. The van der Waals surface area contributed by atoms with E-state index in [-0.39, 0.29) is 23.6 Å². The zero-order chi connectivity index (χ0) is 23.4. The van der Waals surface area contributed by atoms with Crippen molar-refractivity contribution in [3.05, 3.63) is 93.3 Å². The Morgan fingerprint density at radius 2 is 1.97 bits per heavy atom. The second-order valence-corrected chi connectivity index (χ2v) is 7.48. The van der Waals surface area contributed by atoms with Gasteiger partial charge in [-0.05, 0) is 30.7 Å². The lowest BCUT2D eigenvalue weighted by molar-refractivity contribution is 0.0983. The summed E-state index contributed by atoms with van der Waals surface area (Å²) in [4.78, 5) is 42.2. The maximum Gasteiger partial charge on any atom is 0.330 e. The van der Waals surface area contributed by atoms with E-state index < -0.39 is 17.2 Å². The van der Waals surface area contributed by atoms with Gasteiger partial charge in [0.15, 0.2) is 5.69 Å². The number of para-hydroxylation sites is 1. The average molecular weight is 448 g/mol. The SMILES string of the molecule is CCCCn1c(N)c(N(Cc2ccco2)C(=O)c2cnn(-c3ccccc3)c2)c(=O)[nH]c1=O. The number of anilines is 2. The molecule has 3 N–H and O–H groups in total. The Bertz CT molecular complexity index is 1350. The third kappa shape index (κ3) is 4.49. The molecule has 1 amide bonds. The topological polar surface area (TPSA) is 132 Å². The number of carbonyl (C=O) groups excluding carboxylic acids is 1. The lowest BCUT2D eigenvalue weighted by Crippen LogP contribution is -2.40. The smallest absolute Gasteiger partial charge is 0.330 e. The Morgan fingerprint density at radius 1 is 1.18 bits per heavy atom. The number of hydrogen-bond acceptors (Lipinski definition) is 6. The Kier molecular flexibility index (Phi) is 6.25. The fourth-order valence-corrected chi connectivity index (χ4v) is 3.50. The van der Waals surface area contributed by atoms with Crippen LogP contribution in [-0.4, -0.2) is 25.2 Å². The number of rotatable bonds is 8. The van der Waals surface area contributed by atoms with Crippen LogP contribution in [0.2, 0.25) is 0 Å². The molecule has 0 spiro atoms. The van der Waals surface area contributed by atoms with Gasteiger partial charge >= 0.3 is 5.69 Å². The quantitative estimate of drug-likeness (QED) is 0.426. The van der Waals surface area contributed by atoms with Gasteiger partial charge in [0, 0.05) is 12.7 Å². The van der Waals surface area contributed by atoms with Crippen LogP contribution in [0.1, 0.15) is 35.9 Å². The number of furan rings is 1. The van der Waals surface area contributed by atoms with Crippen molar-refractivity contribution in [2.24, 2.45) is 0 Å². The number of nitrogens with one attached hydrogen (secondary N) is 1. The van der Waals surface area contributed by atoms with E-state index in [4.69, 9.17) is 10.2 Å². The normalized spacial score (nSPS) is 10.9. The van der Waals surface area contributed by atoms with E-state index in [0.29, 0.717) is 18.7 Å². The zero-order valence-electron chi connectivity index (χ0n) is 18.1. The third-order valence-corrected chi connectivity index (χ3v) is 5.21. The summed E-state index contributed by atoms with van der Waals surface area (Å²) in [5.74, 6) is -0.136. The van der Waals surface area contributed by atoms with Crippen LogP contribution >= 0.6 is 0 Å². The molecule has 33 heavy (non-hydrogen) atoms. The van der Waals surface area contributed by atoms with Crippen LogP contribution in [0, 0.1) is 0 Å². The minimum atomic E-state index is -0.749. The number of unbranched alkanes of at least 4 members (excludes halogenated alkanes) is 1. The highest BCUT2D eigenvalue weighted by Gasteiger charge is 2.27. The monoisotopic (exact) mass is 448 g/mol. The first-order chi connectivity index (χ1) is 16.0. The van der Waals surface area contributed by atoms with E-state index in [9.17, 15) is 14.4 Å². The number of H-pyrrole nitrogens is 1. The number of amides is 1. The molecule has 3 aromatic heterocycles. The van der Waals surface area contributed by atoms with Gasteiger partial charge in [-0.3, -0.25) is 24.0 Å². The molecule has 0 aliphatic heterocycles. The Hall–Kier alpha value is -4.34. The van der Waals surface area contributed by atoms with Gasteiger partial charge in [-0.1, -0.05) is 31.5 Å². The molecule has 0 fully saturated rings. The van der Waals surface area contributed by atoms with Crippen LogP contribution < -0.4 is 21.9 Å². The summed E-state index contributed by atoms with van der Waals surface area (Å²) in [6.07, 6.45) is 5.98. The molecule has 0 aliphatic carbocycles. The summed E-state index contributed by atoms with van der Waals surface area (Å²) in [5.41, 5.74) is 5.81. The Labute approximate surface area is 188 Å². The number of aromatic amines is 1. The van der Waals surface area contributed by atoms with Gasteiger partial charge in [0.25, 0.3) is 11.5 Å². The number of benzene rings is 1. The second kappa shape index (κ2) is 9.43. The van der Waals surface area contributed by atoms with E-state index in [0.717, 1.165) is 12.1 Å². The zero-order valence-corrected chi connectivity index (χ0v) is 18.1. The number of nitrogens with two attached hydrogens (primary N) is 1. The molecule has 4 rings (SSSR count). The minimum absolute atomic E-state index is 0.0540. The molecule has 4 aromatic rings. The first kappa shape index (κ1) is 21.9. The van der Waals surface area contributed by atoms with Gasteiger partial charge < -0.3 is 10.2 Å². The molecule has 0 aliphatic rings. The van der Waals surface area contributed by atoms with Crippen molar-refractivity contribution in [2.45, 2.75) is 32.9 Å². The Morgan fingerprint density at radius 3 is 2.67 bits per heavy atom. The lowest BCUT2D eigenvalue weighted by atomic mass is 10.2. The maximum absolute atomic E-state index is 13.6. The van der Waals surface area contributed by atoms with Crippen LogP contribution in [0.15, 0.2) is 75.1 Å². The van der Waals surface area contributed by atoms with Crippen molar-refractivity contribution < 1.29 is 9.21 Å². The van der Waals surface area contributed by atoms with Gasteiger partial charge in [-0.15, -0.1) is 0 Å². The summed E-state index contributed by atoms with van der Waals surface area (Å²) in [5, 5.41) is 4.27. The molecular weight excluding hydrogens is 424 g/mol. The average Bonchev–Trinajstić information content (AvgIpc) is 3.51. The highest BCUT2D eigenvalue weighted by molar-refractivity contribution is 6.06. The largest absolute Gasteiger partial charge is 0.467 e. The molecule has 10 nitrogen and oxygen atoms in total. The standard InChI is InChI=1S/C23H24N6O4/c1-2-3-11-27-20(24)19(21(30)26-23(27)32)28(15-18-10-7-12-33-18)22(31)16-13-25-29(14-16)17-8-5-4-6-9-17/h4-10,12-14H,2-3,11,15,24H2,1H3,(H,26,30,32). The molecule has 170 valence electrons. The molecule has 0 saturated carbocycles. The Balaban J connectivity index is 1.78. The van der Waals surface area contributed by atoms with E-state index in [1.54, 1.807) is 23.0 Å². The number of carbonyl (C=O) groups is 1. The summed E-state index contributed by atoms with van der Waals surface area (Å²) < 4.78 is 8.25. The maximum atomic E-state index is 13.6. The van der Waals surface area contributed by atoms with Crippen LogP contribution in [0.3, 0.4) is 0 Å². The van der Waals surface area contributed by atoms with E-state index in [1.165, 1.54) is 21.9 Å². The minimum Gasteiger partial charge on any atom is -0.467 e. The van der Waals surface area contributed by atoms with Crippen molar-refractivity contribution in [1.82, 2.24) is 19.3 Å². The highest BCUT2D eigenvalue weighted by atomic mass is 16.3. The van der Waals surface area contributed by atoms with E-state index >= 15 is 0 Å². The summed E-state index contributed by atoms with van der Waals surface area (Å²) in [6, 6.07) is 12.7. The van der Waals surface area contributed by atoms with Crippen LogP contribution in [0.5, 0.6) is 0 Å². The third-order valence-electron chi connectivity index (χ3n) is 5.21. The fraction of sp³-hybridized carbons (Fsp3) is 0.217. The molecule has 0 atom stereocenters. The van der Waals surface area contributed by atoms with Crippen molar-refractivity contribution in [3.8, 4) is 5.69 Å². The van der Waals surface area contributed by atoms with Crippen molar-refractivity contribution in [1.29, 1.82) is 0 Å². The van der Waals surface area contributed by atoms with Crippen molar-refractivity contribution in [3.63, 3.8) is 0 Å². The molecular formula is C23H24N6O4. The lowest BCUT2D eigenvalue weighted by Gasteiger charge is -2.23. The number of nitrogen functional groups attached to an aromatic ring is 1. The van der Waals surface area contributed by atoms with Crippen molar-refractivity contribution in [2.75, 3.05) is 10.6 Å². The molecule has 1 aromatic carbocycles. The van der Waals surface area contributed by atoms with Gasteiger partial charge in [0.1, 0.15) is 11.6 Å². The number of hydrogen-bond donors (Lipinski definition) is 2. The predicted molar refractivity (Wildman–Crippen MR) is 123 cm³/mol. The van der Waals surface area contributed by atoms with E-state index in [2.05, 4.69) is 10.1 Å². The van der Waals surface area contributed by atoms with E-state index in [1.807, 2.05) is 37.3 Å². The predicted octanol–water partition coefficient (Wildman–Crippen LogP) is 2.54. The fourth-order valence-electron chi connectivity index (χ4n) is 3.50.